The molecule has 120 valence electrons. The molecule has 0 aromatic heterocycles. The van der Waals surface area contributed by atoms with Gasteiger partial charge in [-0.05, 0) is 43.9 Å². The minimum absolute atomic E-state index is 0.0841. The zero-order valence-electron chi connectivity index (χ0n) is 13.1. The Labute approximate surface area is 141 Å². The van der Waals surface area contributed by atoms with E-state index in [1.54, 1.807) is 6.07 Å². The van der Waals surface area contributed by atoms with Gasteiger partial charge in [-0.3, -0.25) is 4.79 Å². The van der Waals surface area contributed by atoms with Gasteiger partial charge in [0.25, 0.3) is 5.91 Å². The van der Waals surface area contributed by atoms with Gasteiger partial charge in [-0.2, -0.15) is 0 Å². The third kappa shape index (κ3) is 4.05. The van der Waals surface area contributed by atoms with Crippen LogP contribution in [0, 0.1) is 5.92 Å². The van der Waals surface area contributed by atoms with Crippen LogP contribution in [0.2, 0.25) is 5.02 Å². The molecule has 0 spiro atoms. The number of rotatable bonds is 6. The van der Waals surface area contributed by atoms with Gasteiger partial charge in [-0.25, -0.2) is 0 Å². The van der Waals surface area contributed by atoms with Crippen LogP contribution in [0.15, 0.2) is 48.5 Å². The topological polar surface area (TPSA) is 38.3 Å². The van der Waals surface area contributed by atoms with Crippen LogP contribution >= 0.6 is 11.6 Å². The maximum Gasteiger partial charge on any atom is 0.255 e. The van der Waals surface area contributed by atoms with Crippen molar-refractivity contribution in [3.8, 4) is 5.75 Å². The molecular weight excluding hydrogens is 310 g/mol. The molecule has 1 aliphatic carbocycles. The van der Waals surface area contributed by atoms with Crippen molar-refractivity contribution in [3.05, 3.63) is 64.7 Å². The number of amides is 1. The van der Waals surface area contributed by atoms with Crippen molar-refractivity contribution < 1.29 is 9.53 Å². The fraction of sp³-hybridized carbons (Fsp3) is 0.316. The summed E-state index contributed by atoms with van der Waals surface area (Å²) in [4.78, 5) is 12.5. The molecule has 1 saturated carbocycles. The van der Waals surface area contributed by atoms with Crippen LogP contribution in [-0.4, -0.2) is 11.9 Å². The summed E-state index contributed by atoms with van der Waals surface area (Å²) < 4.78 is 5.84. The molecule has 3 nitrogen and oxygen atoms in total. The average Bonchev–Trinajstić information content (AvgIpc) is 3.39. The van der Waals surface area contributed by atoms with E-state index in [2.05, 4.69) is 12.2 Å². The van der Waals surface area contributed by atoms with Gasteiger partial charge in [0.1, 0.15) is 12.4 Å². The quantitative estimate of drug-likeness (QED) is 0.850. The van der Waals surface area contributed by atoms with Crippen molar-refractivity contribution in [3.63, 3.8) is 0 Å². The number of hydrogen-bond acceptors (Lipinski definition) is 2. The molecule has 0 aliphatic heterocycles. The van der Waals surface area contributed by atoms with Crippen LogP contribution in [0.4, 0.5) is 0 Å². The number of nitrogens with one attached hydrogen (secondary N) is 1. The Kier molecular flexibility index (Phi) is 4.87. The van der Waals surface area contributed by atoms with Crippen LogP contribution in [0.5, 0.6) is 5.75 Å². The predicted molar refractivity (Wildman–Crippen MR) is 91.9 cm³/mol. The standard InChI is InChI=1S/C19H20ClNO2/c1-13(14-10-11-14)21-19(22)16-7-3-5-9-18(16)23-12-15-6-2-4-8-17(15)20/h2-9,13-14H,10-12H2,1H3,(H,21,22). The Morgan fingerprint density at radius 1 is 1.22 bits per heavy atom. The Morgan fingerprint density at radius 3 is 2.65 bits per heavy atom. The maximum atomic E-state index is 12.5. The van der Waals surface area contributed by atoms with Crippen LogP contribution in [0.3, 0.4) is 0 Å². The molecular formula is C19H20ClNO2. The highest BCUT2D eigenvalue weighted by molar-refractivity contribution is 6.31. The Balaban J connectivity index is 1.70. The Morgan fingerprint density at radius 2 is 1.91 bits per heavy atom. The van der Waals surface area contributed by atoms with Gasteiger partial charge in [0, 0.05) is 16.6 Å². The minimum Gasteiger partial charge on any atom is -0.488 e. The summed E-state index contributed by atoms with van der Waals surface area (Å²) in [7, 11) is 0. The highest BCUT2D eigenvalue weighted by Crippen LogP contribution is 2.32. The van der Waals surface area contributed by atoms with Crippen LogP contribution in [-0.2, 0) is 6.61 Å². The molecule has 2 aromatic rings. The molecule has 1 amide bonds. The molecule has 3 rings (SSSR count). The van der Waals surface area contributed by atoms with Crippen molar-refractivity contribution in [2.45, 2.75) is 32.4 Å². The lowest BCUT2D eigenvalue weighted by atomic mass is 10.1. The number of ether oxygens (including phenoxy) is 1. The van der Waals surface area contributed by atoms with E-state index in [0.29, 0.717) is 28.9 Å². The minimum atomic E-state index is -0.0841. The van der Waals surface area contributed by atoms with Gasteiger partial charge in [0.2, 0.25) is 0 Å². The molecule has 23 heavy (non-hydrogen) atoms. The lowest BCUT2D eigenvalue weighted by Crippen LogP contribution is -2.34. The maximum absolute atomic E-state index is 12.5. The normalized spacial score (nSPS) is 15.0. The number of carbonyl (C=O) groups is 1. The molecule has 0 bridgehead atoms. The number of halogens is 1. The first-order valence-corrected chi connectivity index (χ1v) is 8.29. The van der Waals surface area contributed by atoms with E-state index in [-0.39, 0.29) is 11.9 Å². The van der Waals surface area contributed by atoms with E-state index < -0.39 is 0 Å². The number of benzene rings is 2. The molecule has 4 heteroatoms. The SMILES string of the molecule is CC(NC(=O)c1ccccc1OCc1ccccc1Cl)C1CC1. The van der Waals surface area contributed by atoms with Gasteiger partial charge in [0.05, 0.1) is 5.56 Å². The highest BCUT2D eigenvalue weighted by atomic mass is 35.5. The molecule has 1 fully saturated rings. The van der Waals surface area contributed by atoms with Crippen LogP contribution in [0.25, 0.3) is 0 Å². The summed E-state index contributed by atoms with van der Waals surface area (Å²) in [6.45, 7) is 2.39. The van der Waals surface area contributed by atoms with E-state index >= 15 is 0 Å². The molecule has 1 atom stereocenters. The Hall–Kier alpha value is -2.00. The summed E-state index contributed by atoms with van der Waals surface area (Å²) >= 11 is 6.14. The summed E-state index contributed by atoms with van der Waals surface area (Å²) in [5, 5.41) is 3.73. The largest absolute Gasteiger partial charge is 0.488 e. The molecule has 2 aromatic carbocycles. The summed E-state index contributed by atoms with van der Waals surface area (Å²) in [6.07, 6.45) is 2.40. The monoisotopic (exact) mass is 329 g/mol. The van der Waals surface area contributed by atoms with E-state index in [1.807, 2.05) is 42.5 Å². The highest BCUT2D eigenvalue weighted by Gasteiger charge is 2.29. The van der Waals surface area contributed by atoms with Crippen LogP contribution < -0.4 is 10.1 Å². The van der Waals surface area contributed by atoms with E-state index in [9.17, 15) is 4.79 Å². The van der Waals surface area contributed by atoms with Gasteiger partial charge in [-0.1, -0.05) is 41.9 Å². The number of carbonyl (C=O) groups excluding carboxylic acids is 1. The number of para-hydroxylation sites is 1. The second-order valence-corrected chi connectivity index (χ2v) is 6.38. The van der Waals surface area contributed by atoms with Gasteiger partial charge >= 0.3 is 0 Å². The molecule has 0 heterocycles. The molecule has 1 N–H and O–H groups in total. The first-order valence-electron chi connectivity index (χ1n) is 7.91. The van der Waals surface area contributed by atoms with Gasteiger partial charge in [-0.15, -0.1) is 0 Å². The van der Waals surface area contributed by atoms with E-state index in [1.165, 1.54) is 12.8 Å². The Bertz CT molecular complexity index is 697. The molecule has 1 aliphatic rings. The number of hydrogen-bond donors (Lipinski definition) is 1. The first kappa shape index (κ1) is 15.9. The lowest BCUT2D eigenvalue weighted by Gasteiger charge is -2.15. The van der Waals surface area contributed by atoms with E-state index in [4.69, 9.17) is 16.3 Å². The van der Waals surface area contributed by atoms with Crippen molar-refractivity contribution in [1.29, 1.82) is 0 Å². The smallest absolute Gasteiger partial charge is 0.255 e. The summed E-state index contributed by atoms with van der Waals surface area (Å²) in [5.41, 5.74) is 1.46. The second-order valence-electron chi connectivity index (χ2n) is 5.98. The average molecular weight is 330 g/mol. The summed E-state index contributed by atoms with van der Waals surface area (Å²) in [6, 6.07) is 15.1. The van der Waals surface area contributed by atoms with Gasteiger partial charge in [0.15, 0.2) is 0 Å². The van der Waals surface area contributed by atoms with Crippen molar-refractivity contribution >= 4 is 17.5 Å². The van der Waals surface area contributed by atoms with Crippen molar-refractivity contribution in [2.75, 3.05) is 0 Å². The third-order valence-electron chi connectivity index (χ3n) is 4.16. The van der Waals surface area contributed by atoms with Crippen molar-refractivity contribution in [2.24, 2.45) is 5.92 Å². The zero-order chi connectivity index (χ0) is 16.2. The fourth-order valence-corrected chi connectivity index (χ4v) is 2.74. The van der Waals surface area contributed by atoms with Crippen molar-refractivity contribution in [1.82, 2.24) is 5.32 Å². The fourth-order valence-electron chi connectivity index (χ4n) is 2.55. The third-order valence-corrected chi connectivity index (χ3v) is 4.53. The molecule has 0 radical (unpaired) electrons. The summed E-state index contributed by atoms with van der Waals surface area (Å²) in [5.74, 6) is 1.11. The van der Waals surface area contributed by atoms with Gasteiger partial charge < -0.3 is 10.1 Å². The van der Waals surface area contributed by atoms with Crippen LogP contribution in [0.1, 0.15) is 35.7 Å². The molecule has 0 saturated heterocycles. The second kappa shape index (κ2) is 7.05. The van der Waals surface area contributed by atoms with E-state index in [0.717, 1.165) is 5.56 Å². The first-order chi connectivity index (χ1) is 11.1. The lowest BCUT2D eigenvalue weighted by molar-refractivity contribution is 0.0931. The zero-order valence-corrected chi connectivity index (χ0v) is 13.8. The molecule has 1 unspecified atom stereocenters. The predicted octanol–water partition coefficient (Wildman–Crippen LogP) is 4.45.